The minimum absolute atomic E-state index is 0.301. The molecule has 0 radical (unpaired) electrons. The van der Waals surface area contributed by atoms with E-state index in [0.717, 1.165) is 4.90 Å². The topological polar surface area (TPSA) is 69.7 Å². The zero-order valence-corrected chi connectivity index (χ0v) is 14.5. The summed E-state index contributed by atoms with van der Waals surface area (Å²) >= 11 is 0. The maximum atomic E-state index is 12.4. The van der Waals surface area contributed by atoms with Crippen LogP contribution in [0.15, 0.2) is 24.3 Å². The van der Waals surface area contributed by atoms with Crippen LogP contribution in [-0.4, -0.2) is 60.4 Å². The normalized spacial score (nSPS) is 16.8. The lowest BCUT2D eigenvalue weighted by atomic mass is 10.1. The molecule has 0 saturated carbocycles. The summed E-state index contributed by atoms with van der Waals surface area (Å²) in [6, 6.07) is 6.57. The van der Waals surface area contributed by atoms with Crippen molar-refractivity contribution in [2.45, 2.75) is 12.6 Å². The van der Waals surface area contributed by atoms with Gasteiger partial charge in [0, 0.05) is 31.3 Å². The summed E-state index contributed by atoms with van der Waals surface area (Å²) in [5.41, 5.74) is 1.04. The molecule has 0 aromatic heterocycles. The Morgan fingerprint density at radius 3 is 2.74 bits per heavy atom. The standard InChI is InChI=1S/C18H18F3N3O3/c1-3-12-5-4-6-14(7-12)22-15(25)10-23(2)17(27)13-8-16(26)24(9-13)11-18(19,20)21/h1,4-7,13H,8-11H2,2H3,(H,22,25). The number of carbonyl (C=O) groups is 3. The van der Waals surface area contributed by atoms with Crippen LogP contribution < -0.4 is 5.32 Å². The van der Waals surface area contributed by atoms with E-state index in [9.17, 15) is 27.6 Å². The van der Waals surface area contributed by atoms with Crippen LogP contribution in [-0.2, 0) is 14.4 Å². The van der Waals surface area contributed by atoms with Gasteiger partial charge in [-0.15, -0.1) is 6.42 Å². The predicted octanol–water partition coefficient (Wildman–Crippen LogP) is 1.48. The van der Waals surface area contributed by atoms with E-state index in [1.165, 1.54) is 7.05 Å². The number of alkyl halides is 3. The van der Waals surface area contributed by atoms with Gasteiger partial charge in [-0.1, -0.05) is 12.0 Å². The lowest BCUT2D eigenvalue weighted by Crippen LogP contribution is -2.40. The van der Waals surface area contributed by atoms with E-state index in [1.807, 2.05) is 0 Å². The first kappa shape index (κ1) is 20.3. The van der Waals surface area contributed by atoms with Crippen LogP contribution in [0.4, 0.5) is 18.9 Å². The quantitative estimate of drug-likeness (QED) is 0.786. The van der Waals surface area contributed by atoms with Crippen molar-refractivity contribution in [2.75, 3.05) is 32.0 Å². The number of rotatable bonds is 5. The van der Waals surface area contributed by atoms with E-state index in [0.29, 0.717) is 16.2 Å². The molecule has 1 fully saturated rings. The van der Waals surface area contributed by atoms with E-state index in [2.05, 4.69) is 11.2 Å². The molecule has 1 heterocycles. The fraction of sp³-hybridized carbons (Fsp3) is 0.389. The summed E-state index contributed by atoms with van der Waals surface area (Å²) in [5.74, 6) is -0.244. The van der Waals surface area contributed by atoms with Gasteiger partial charge in [-0.05, 0) is 18.2 Å². The SMILES string of the molecule is C#Cc1cccc(NC(=O)CN(C)C(=O)C2CC(=O)N(CC(F)(F)F)C2)c1. The van der Waals surface area contributed by atoms with Gasteiger partial charge >= 0.3 is 6.18 Å². The average molecular weight is 381 g/mol. The van der Waals surface area contributed by atoms with E-state index in [1.54, 1.807) is 24.3 Å². The molecular weight excluding hydrogens is 363 g/mol. The number of hydrogen-bond acceptors (Lipinski definition) is 3. The van der Waals surface area contributed by atoms with Gasteiger partial charge in [-0.3, -0.25) is 14.4 Å². The molecule has 9 heteroatoms. The van der Waals surface area contributed by atoms with Crippen LogP contribution in [0.3, 0.4) is 0 Å². The Kier molecular flexibility index (Phi) is 6.10. The molecule has 1 aromatic carbocycles. The Bertz CT molecular complexity index is 786. The molecule has 1 aliphatic rings. The molecule has 1 unspecified atom stereocenters. The van der Waals surface area contributed by atoms with Crippen molar-refractivity contribution >= 4 is 23.4 Å². The molecule has 1 aromatic rings. The van der Waals surface area contributed by atoms with Crippen LogP contribution in [0.2, 0.25) is 0 Å². The number of nitrogens with zero attached hydrogens (tertiary/aromatic N) is 2. The molecule has 2 rings (SSSR count). The van der Waals surface area contributed by atoms with Gasteiger partial charge in [-0.2, -0.15) is 13.2 Å². The number of likely N-dealkylation sites (tertiary alicyclic amines) is 1. The Morgan fingerprint density at radius 1 is 1.41 bits per heavy atom. The van der Waals surface area contributed by atoms with Crippen molar-refractivity contribution in [3.63, 3.8) is 0 Å². The first-order valence-corrected chi connectivity index (χ1v) is 8.05. The van der Waals surface area contributed by atoms with Gasteiger partial charge in [0.15, 0.2) is 0 Å². The minimum Gasteiger partial charge on any atom is -0.336 e. The Hall–Kier alpha value is -3.02. The molecule has 0 bridgehead atoms. The third kappa shape index (κ3) is 5.74. The Balaban J connectivity index is 1.90. The lowest BCUT2D eigenvalue weighted by molar-refractivity contribution is -0.157. The highest BCUT2D eigenvalue weighted by atomic mass is 19.4. The number of halogens is 3. The first-order chi connectivity index (χ1) is 12.6. The fourth-order valence-corrected chi connectivity index (χ4v) is 2.80. The summed E-state index contributed by atoms with van der Waals surface area (Å²) in [6.07, 6.45) is 0.461. The van der Waals surface area contributed by atoms with Crippen LogP contribution in [0.5, 0.6) is 0 Å². The van der Waals surface area contributed by atoms with Gasteiger partial charge in [0.25, 0.3) is 0 Å². The molecule has 1 aliphatic heterocycles. The average Bonchev–Trinajstić information content (AvgIpc) is 2.93. The fourth-order valence-electron chi connectivity index (χ4n) is 2.80. The molecular formula is C18H18F3N3O3. The number of amides is 3. The van der Waals surface area contributed by atoms with Gasteiger partial charge in [0.1, 0.15) is 6.54 Å². The zero-order chi connectivity index (χ0) is 20.2. The molecule has 1 saturated heterocycles. The second-order valence-corrected chi connectivity index (χ2v) is 6.26. The summed E-state index contributed by atoms with van der Waals surface area (Å²) < 4.78 is 37.3. The second kappa shape index (κ2) is 8.12. The largest absolute Gasteiger partial charge is 0.406 e. The highest BCUT2D eigenvalue weighted by Crippen LogP contribution is 2.24. The third-order valence-electron chi connectivity index (χ3n) is 4.00. The lowest BCUT2D eigenvalue weighted by Gasteiger charge is -2.21. The smallest absolute Gasteiger partial charge is 0.336 e. The number of terminal acetylenes is 1. The summed E-state index contributed by atoms with van der Waals surface area (Å²) in [5, 5.41) is 2.59. The summed E-state index contributed by atoms with van der Waals surface area (Å²) in [7, 11) is 1.36. The van der Waals surface area contributed by atoms with Gasteiger partial charge in [0.2, 0.25) is 17.7 Å². The molecule has 3 amide bonds. The van der Waals surface area contributed by atoms with Crippen LogP contribution in [0.1, 0.15) is 12.0 Å². The molecule has 27 heavy (non-hydrogen) atoms. The summed E-state index contributed by atoms with van der Waals surface area (Å²) in [6.45, 7) is -2.00. The van der Waals surface area contributed by atoms with Crippen molar-refractivity contribution in [2.24, 2.45) is 5.92 Å². The molecule has 0 spiro atoms. The van der Waals surface area contributed by atoms with E-state index < -0.39 is 36.4 Å². The molecule has 0 aliphatic carbocycles. The van der Waals surface area contributed by atoms with Gasteiger partial charge in [0.05, 0.1) is 12.5 Å². The Morgan fingerprint density at radius 2 is 2.11 bits per heavy atom. The highest BCUT2D eigenvalue weighted by Gasteiger charge is 2.41. The van der Waals surface area contributed by atoms with Crippen LogP contribution >= 0.6 is 0 Å². The number of likely N-dealkylation sites (N-methyl/N-ethyl adjacent to an activating group) is 1. The maximum Gasteiger partial charge on any atom is 0.406 e. The second-order valence-electron chi connectivity index (χ2n) is 6.26. The van der Waals surface area contributed by atoms with E-state index >= 15 is 0 Å². The molecule has 1 atom stereocenters. The number of carbonyl (C=O) groups excluding carboxylic acids is 3. The van der Waals surface area contributed by atoms with Crippen molar-refractivity contribution < 1.29 is 27.6 Å². The number of hydrogen-bond donors (Lipinski definition) is 1. The molecule has 6 nitrogen and oxygen atoms in total. The number of anilines is 1. The maximum absolute atomic E-state index is 12.4. The molecule has 144 valence electrons. The van der Waals surface area contributed by atoms with Gasteiger partial charge in [-0.25, -0.2) is 0 Å². The van der Waals surface area contributed by atoms with Crippen LogP contribution in [0.25, 0.3) is 0 Å². The minimum atomic E-state index is -4.52. The van der Waals surface area contributed by atoms with Crippen LogP contribution in [0, 0.1) is 18.3 Å². The van der Waals surface area contributed by atoms with Gasteiger partial charge < -0.3 is 15.1 Å². The van der Waals surface area contributed by atoms with Crippen molar-refractivity contribution in [3.8, 4) is 12.3 Å². The monoisotopic (exact) mass is 381 g/mol. The first-order valence-electron chi connectivity index (χ1n) is 8.05. The van der Waals surface area contributed by atoms with Crippen molar-refractivity contribution in [3.05, 3.63) is 29.8 Å². The van der Waals surface area contributed by atoms with E-state index in [4.69, 9.17) is 6.42 Å². The summed E-state index contributed by atoms with van der Waals surface area (Å²) in [4.78, 5) is 37.8. The van der Waals surface area contributed by atoms with E-state index in [-0.39, 0.29) is 19.5 Å². The zero-order valence-electron chi connectivity index (χ0n) is 14.5. The Labute approximate surface area is 154 Å². The third-order valence-corrected chi connectivity index (χ3v) is 4.00. The predicted molar refractivity (Wildman–Crippen MR) is 91.4 cm³/mol. The highest BCUT2D eigenvalue weighted by molar-refractivity contribution is 5.96. The van der Waals surface area contributed by atoms with Crippen molar-refractivity contribution in [1.29, 1.82) is 0 Å². The number of benzene rings is 1. The number of nitrogens with one attached hydrogen (secondary N) is 1. The van der Waals surface area contributed by atoms with Crippen molar-refractivity contribution in [1.82, 2.24) is 9.80 Å². The molecule has 1 N–H and O–H groups in total.